The second-order valence-corrected chi connectivity index (χ2v) is 7.32. The third-order valence-corrected chi connectivity index (χ3v) is 5.64. The van der Waals surface area contributed by atoms with Crippen LogP contribution in [-0.2, 0) is 22.3 Å². The highest BCUT2D eigenvalue weighted by Crippen LogP contribution is 2.15. The lowest BCUT2D eigenvalue weighted by atomic mass is 10.2. The Labute approximate surface area is 136 Å². The van der Waals surface area contributed by atoms with Crippen LogP contribution in [0.5, 0.6) is 0 Å². The van der Waals surface area contributed by atoms with Crippen LogP contribution in [0.3, 0.4) is 0 Å². The number of hydrogen-bond donors (Lipinski definition) is 0. The molecule has 1 aromatic carbocycles. The quantitative estimate of drug-likeness (QED) is 0.699. The maximum Gasteiger partial charge on any atom is 0.218 e. The Bertz CT molecular complexity index is 888. The third kappa shape index (κ3) is 3.43. The lowest BCUT2D eigenvalue weighted by Crippen LogP contribution is -2.32. The Morgan fingerprint density at radius 2 is 1.83 bits per heavy atom. The van der Waals surface area contributed by atoms with Crippen LogP contribution in [0.25, 0.3) is 5.65 Å². The van der Waals surface area contributed by atoms with E-state index in [9.17, 15) is 8.42 Å². The molecule has 0 atom stereocenters. The Balaban J connectivity index is 1.84. The van der Waals surface area contributed by atoms with E-state index in [1.165, 1.54) is 4.31 Å². The molecular formula is C17H19N3O2S. The first-order valence-corrected chi connectivity index (χ1v) is 9.14. The van der Waals surface area contributed by atoms with Gasteiger partial charge in [0.25, 0.3) is 0 Å². The van der Waals surface area contributed by atoms with Gasteiger partial charge in [-0.2, -0.15) is 4.31 Å². The van der Waals surface area contributed by atoms with Crippen molar-refractivity contribution in [3.05, 3.63) is 72.2 Å². The van der Waals surface area contributed by atoms with E-state index >= 15 is 0 Å². The fourth-order valence-electron chi connectivity index (χ4n) is 2.57. The predicted octanol–water partition coefficient (Wildman–Crippen LogP) is 2.69. The highest BCUT2D eigenvalue weighted by molar-refractivity contribution is 7.88. The number of rotatable bonds is 6. The van der Waals surface area contributed by atoms with Gasteiger partial charge in [-0.05, 0) is 17.7 Å². The van der Waals surface area contributed by atoms with Crippen LogP contribution in [0.4, 0.5) is 0 Å². The molecule has 6 heteroatoms. The lowest BCUT2D eigenvalue weighted by molar-refractivity contribution is 0.417. The summed E-state index contributed by atoms with van der Waals surface area (Å²) in [6.07, 6.45) is 3.63. The molecule has 120 valence electrons. The molecule has 0 fully saturated rings. The van der Waals surface area contributed by atoms with Crippen LogP contribution in [-0.4, -0.2) is 28.7 Å². The predicted molar refractivity (Wildman–Crippen MR) is 90.3 cm³/mol. The largest absolute Gasteiger partial charge is 0.303 e. The number of pyridine rings is 1. The molecule has 0 saturated heterocycles. The van der Waals surface area contributed by atoms with Gasteiger partial charge in [0.1, 0.15) is 5.65 Å². The molecule has 0 amide bonds. The summed E-state index contributed by atoms with van der Waals surface area (Å²) in [7, 11) is -3.38. The van der Waals surface area contributed by atoms with Crippen LogP contribution in [0.15, 0.2) is 60.9 Å². The molecule has 2 aromatic heterocycles. The van der Waals surface area contributed by atoms with E-state index in [1.807, 2.05) is 66.1 Å². The average Bonchev–Trinajstić information content (AvgIpc) is 2.96. The fourth-order valence-corrected chi connectivity index (χ4v) is 4.08. The maximum atomic E-state index is 12.7. The van der Waals surface area contributed by atoms with Gasteiger partial charge in [0, 0.05) is 12.7 Å². The normalized spacial score (nSPS) is 12.1. The number of sulfonamides is 1. The monoisotopic (exact) mass is 329 g/mol. The molecule has 0 spiro atoms. The van der Waals surface area contributed by atoms with Gasteiger partial charge in [-0.15, -0.1) is 0 Å². The van der Waals surface area contributed by atoms with Crippen molar-refractivity contribution >= 4 is 15.7 Å². The minimum absolute atomic E-state index is 0.0123. The zero-order valence-electron chi connectivity index (χ0n) is 13.0. The Morgan fingerprint density at radius 1 is 1.09 bits per heavy atom. The second-order valence-electron chi connectivity index (χ2n) is 5.35. The van der Waals surface area contributed by atoms with Crippen LogP contribution in [0.1, 0.15) is 18.2 Å². The van der Waals surface area contributed by atoms with E-state index in [0.717, 1.165) is 16.9 Å². The van der Waals surface area contributed by atoms with E-state index in [4.69, 9.17) is 0 Å². The van der Waals surface area contributed by atoms with E-state index in [-0.39, 0.29) is 5.75 Å². The molecule has 23 heavy (non-hydrogen) atoms. The van der Waals surface area contributed by atoms with Crippen molar-refractivity contribution in [1.82, 2.24) is 13.7 Å². The summed E-state index contributed by atoms with van der Waals surface area (Å²) >= 11 is 0. The zero-order chi connectivity index (χ0) is 16.3. The molecule has 2 heterocycles. The Hall–Kier alpha value is -2.18. The Kier molecular flexibility index (Phi) is 4.45. The van der Waals surface area contributed by atoms with E-state index < -0.39 is 10.0 Å². The minimum atomic E-state index is -3.38. The first kappa shape index (κ1) is 15.7. The maximum absolute atomic E-state index is 12.7. The molecule has 3 aromatic rings. The van der Waals surface area contributed by atoms with Crippen molar-refractivity contribution < 1.29 is 8.42 Å². The van der Waals surface area contributed by atoms with Gasteiger partial charge in [0.05, 0.1) is 24.2 Å². The van der Waals surface area contributed by atoms with Crippen molar-refractivity contribution in [2.75, 3.05) is 6.54 Å². The summed E-state index contributed by atoms with van der Waals surface area (Å²) in [6.45, 7) is 2.60. The van der Waals surface area contributed by atoms with Crippen molar-refractivity contribution in [2.24, 2.45) is 0 Å². The second kappa shape index (κ2) is 6.52. The first-order chi connectivity index (χ1) is 11.1. The highest BCUT2D eigenvalue weighted by atomic mass is 32.2. The summed E-state index contributed by atoms with van der Waals surface area (Å²) in [5.41, 5.74) is 2.47. The number of hydrogen-bond acceptors (Lipinski definition) is 3. The van der Waals surface area contributed by atoms with E-state index in [0.29, 0.717) is 13.1 Å². The molecule has 0 saturated carbocycles. The zero-order valence-corrected chi connectivity index (χ0v) is 13.8. The number of imidazole rings is 1. The number of nitrogens with zero attached hydrogens (tertiary/aromatic N) is 3. The molecule has 3 rings (SSSR count). The molecule has 0 aliphatic heterocycles. The van der Waals surface area contributed by atoms with Crippen molar-refractivity contribution in [3.8, 4) is 0 Å². The fraction of sp³-hybridized carbons (Fsp3) is 0.235. The topological polar surface area (TPSA) is 54.7 Å². The highest BCUT2D eigenvalue weighted by Gasteiger charge is 2.22. The minimum Gasteiger partial charge on any atom is -0.303 e. The molecule has 0 radical (unpaired) electrons. The van der Waals surface area contributed by atoms with Gasteiger partial charge in [-0.3, -0.25) is 0 Å². The lowest BCUT2D eigenvalue weighted by Gasteiger charge is -2.20. The molecule has 0 unspecified atom stereocenters. The average molecular weight is 329 g/mol. The van der Waals surface area contributed by atoms with Gasteiger partial charge in [-0.25, -0.2) is 13.4 Å². The van der Waals surface area contributed by atoms with Gasteiger partial charge in [-0.1, -0.05) is 43.3 Å². The summed E-state index contributed by atoms with van der Waals surface area (Å²) in [6, 6.07) is 15.0. The molecule has 0 N–H and O–H groups in total. The summed E-state index contributed by atoms with van der Waals surface area (Å²) < 4.78 is 28.8. The summed E-state index contributed by atoms with van der Waals surface area (Å²) in [4.78, 5) is 4.31. The van der Waals surface area contributed by atoms with Gasteiger partial charge >= 0.3 is 0 Å². The summed E-state index contributed by atoms with van der Waals surface area (Å²) in [5, 5.41) is 0. The molecule has 0 bridgehead atoms. The molecule has 5 nitrogen and oxygen atoms in total. The van der Waals surface area contributed by atoms with Crippen molar-refractivity contribution in [1.29, 1.82) is 0 Å². The first-order valence-electron chi connectivity index (χ1n) is 7.53. The standard InChI is InChI=1S/C17H19N3O2S/c1-2-19(23(21,22)14-15-8-4-3-5-9-15)13-16-12-18-17-10-6-7-11-20(16)17/h3-12H,2,13-14H2,1H3. The number of benzene rings is 1. The van der Waals surface area contributed by atoms with E-state index in [2.05, 4.69) is 4.98 Å². The van der Waals surface area contributed by atoms with Gasteiger partial charge in [0.2, 0.25) is 10.0 Å². The molecular weight excluding hydrogens is 310 g/mol. The van der Waals surface area contributed by atoms with Crippen LogP contribution in [0.2, 0.25) is 0 Å². The van der Waals surface area contributed by atoms with Gasteiger partial charge in [0.15, 0.2) is 0 Å². The molecule has 0 aliphatic rings. The summed E-state index contributed by atoms with van der Waals surface area (Å²) in [5.74, 6) is 0.0123. The van der Waals surface area contributed by atoms with Gasteiger partial charge < -0.3 is 4.40 Å². The van der Waals surface area contributed by atoms with Crippen LogP contribution < -0.4 is 0 Å². The number of aromatic nitrogens is 2. The van der Waals surface area contributed by atoms with Crippen molar-refractivity contribution in [2.45, 2.75) is 19.2 Å². The SMILES string of the molecule is CCN(Cc1cnc2ccccn12)S(=O)(=O)Cc1ccccc1. The van der Waals surface area contributed by atoms with Crippen LogP contribution >= 0.6 is 0 Å². The van der Waals surface area contributed by atoms with Crippen molar-refractivity contribution in [3.63, 3.8) is 0 Å². The number of fused-ring (bicyclic) bond motifs is 1. The van der Waals surface area contributed by atoms with E-state index in [1.54, 1.807) is 6.20 Å². The smallest absolute Gasteiger partial charge is 0.218 e. The molecule has 0 aliphatic carbocycles. The van der Waals surface area contributed by atoms with Crippen LogP contribution in [0, 0.1) is 0 Å². The Morgan fingerprint density at radius 3 is 2.57 bits per heavy atom. The third-order valence-electron chi connectivity index (χ3n) is 3.77.